The van der Waals surface area contributed by atoms with Crippen molar-refractivity contribution in [2.75, 3.05) is 11.9 Å². The standard InChI is InChI=1S/C10H14N2O/c1-2-3-8-11-9-6-4-5-7-10(9)12-13/h4-7,11H,2-3,8H2,1H3. The first-order valence-electron chi connectivity index (χ1n) is 4.54. The number of anilines is 1. The molecule has 0 atom stereocenters. The summed E-state index contributed by atoms with van der Waals surface area (Å²) in [6.45, 7) is 3.02. The Balaban J connectivity index is 2.59. The van der Waals surface area contributed by atoms with E-state index < -0.39 is 0 Å². The largest absolute Gasteiger partial charge is 0.383 e. The summed E-state index contributed by atoms with van der Waals surface area (Å²) < 4.78 is 0. The lowest BCUT2D eigenvalue weighted by atomic mass is 10.2. The van der Waals surface area contributed by atoms with Crippen LogP contribution >= 0.6 is 0 Å². The lowest BCUT2D eigenvalue weighted by molar-refractivity contribution is 0.834. The van der Waals surface area contributed by atoms with E-state index in [1.807, 2.05) is 18.2 Å². The summed E-state index contributed by atoms with van der Waals surface area (Å²) in [6.07, 6.45) is 2.25. The van der Waals surface area contributed by atoms with Crippen LogP contribution < -0.4 is 5.32 Å². The summed E-state index contributed by atoms with van der Waals surface area (Å²) >= 11 is 0. The quantitative estimate of drug-likeness (QED) is 0.555. The molecule has 0 amide bonds. The van der Waals surface area contributed by atoms with E-state index in [2.05, 4.69) is 17.4 Å². The van der Waals surface area contributed by atoms with Crippen molar-refractivity contribution in [3.63, 3.8) is 0 Å². The molecule has 1 aromatic rings. The molecule has 0 saturated heterocycles. The van der Waals surface area contributed by atoms with E-state index in [1.165, 1.54) is 0 Å². The van der Waals surface area contributed by atoms with Gasteiger partial charge in [0, 0.05) is 6.54 Å². The van der Waals surface area contributed by atoms with Gasteiger partial charge in [0.1, 0.15) is 5.69 Å². The topological polar surface area (TPSA) is 41.5 Å². The SMILES string of the molecule is CCCCNc1ccccc1N=O. The first-order chi connectivity index (χ1) is 6.38. The first-order valence-corrected chi connectivity index (χ1v) is 4.54. The number of benzene rings is 1. The van der Waals surface area contributed by atoms with Crippen LogP contribution in [0.1, 0.15) is 19.8 Å². The number of unbranched alkanes of at least 4 members (excludes halogenated alkanes) is 1. The van der Waals surface area contributed by atoms with Crippen molar-refractivity contribution in [2.45, 2.75) is 19.8 Å². The van der Waals surface area contributed by atoms with E-state index in [0.717, 1.165) is 25.1 Å². The van der Waals surface area contributed by atoms with Gasteiger partial charge in [-0.15, -0.1) is 4.91 Å². The zero-order chi connectivity index (χ0) is 9.52. The number of hydrogen-bond donors (Lipinski definition) is 1. The second-order valence-electron chi connectivity index (χ2n) is 2.89. The lowest BCUT2D eigenvalue weighted by Crippen LogP contribution is -2.00. The van der Waals surface area contributed by atoms with Gasteiger partial charge in [0.2, 0.25) is 0 Å². The van der Waals surface area contributed by atoms with Crippen molar-refractivity contribution in [1.82, 2.24) is 0 Å². The molecule has 0 radical (unpaired) electrons. The predicted octanol–water partition coefficient (Wildman–Crippen LogP) is 3.30. The third kappa shape index (κ3) is 2.86. The number of nitroso groups, excluding NO2 is 1. The van der Waals surface area contributed by atoms with E-state index in [9.17, 15) is 4.91 Å². The van der Waals surface area contributed by atoms with E-state index >= 15 is 0 Å². The fraction of sp³-hybridized carbons (Fsp3) is 0.400. The van der Waals surface area contributed by atoms with Crippen LogP contribution in [-0.2, 0) is 0 Å². The van der Waals surface area contributed by atoms with Gasteiger partial charge in [-0.1, -0.05) is 25.5 Å². The Hall–Kier alpha value is -1.38. The van der Waals surface area contributed by atoms with Gasteiger partial charge in [0.05, 0.1) is 5.69 Å². The molecule has 0 aliphatic heterocycles. The van der Waals surface area contributed by atoms with Crippen LogP contribution in [0.25, 0.3) is 0 Å². The fourth-order valence-corrected chi connectivity index (χ4v) is 1.10. The molecule has 3 nitrogen and oxygen atoms in total. The van der Waals surface area contributed by atoms with Gasteiger partial charge in [-0.05, 0) is 23.7 Å². The van der Waals surface area contributed by atoms with Gasteiger partial charge >= 0.3 is 0 Å². The van der Waals surface area contributed by atoms with Crippen LogP contribution in [0.2, 0.25) is 0 Å². The van der Waals surface area contributed by atoms with Crippen molar-refractivity contribution in [1.29, 1.82) is 0 Å². The third-order valence-corrected chi connectivity index (χ3v) is 1.85. The van der Waals surface area contributed by atoms with Crippen molar-refractivity contribution >= 4 is 11.4 Å². The average Bonchev–Trinajstić information content (AvgIpc) is 2.19. The Morgan fingerprint density at radius 1 is 1.38 bits per heavy atom. The molecule has 13 heavy (non-hydrogen) atoms. The Kier molecular flexibility index (Phi) is 3.96. The van der Waals surface area contributed by atoms with Crippen molar-refractivity contribution in [2.24, 2.45) is 5.18 Å². The zero-order valence-corrected chi connectivity index (χ0v) is 7.79. The van der Waals surface area contributed by atoms with E-state index in [0.29, 0.717) is 5.69 Å². The molecule has 3 heteroatoms. The maximum Gasteiger partial charge on any atom is 0.131 e. The Bertz CT molecular complexity index is 273. The van der Waals surface area contributed by atoms with Crippen LogP contribution in [0.3, 0.4) is 0 Å². The minimum absolute atomic E-state index is 0.485. The maximum atomic E-state index is 10.4. The Labute approximate surface area is 78.1 Å². The molecule has 0 aromatic heterocycles. The van der Waals surface area contributed by atoms with E-state index in [1.54, 1.807) is 6.07 Å². The highest BCUT2D eigenvalue weighted by molar-refractivity contribution is 5.64. The highest BCUT2D eigenvalue weighted by Crippen LogP contribution is 2.23. The van der Waals surface area contributed by atoms with Crippen LogP contribution in [0.15, 0.2) is 29.4 Å². The summed E-state index contributed by atoms with van der Waals surface area (Å²) in [5.74, 6) is 0. The Morgan fingerprint density at radius 2 is 2.15 bits per heavy atom. The van der Waals surface area contributed by atoms with Gasteiger partial charge in [-0.2, -0.15) is 0 Å². The summed E-state index contributed by atoms with van der Waals surface area (Å²) in [5.41, 5.74) is 1.31. The predicted molar refractivity (Wildman–Crippen MR) is 55.3 cm³/mol. The van der Waals surface area contributed by atoms with E-state index in [-0.39, 0.29) is 0 Å². The van der Waals surface area contributed by atoms with Crippen molar-refractivity contribution in [3.8, 4) is 0 Å². The average molecular weight is 178 g/mol. The minimum Gasteiger partial charge on any atom is -0.383 e. The maximum absolute atomic E-state index is 10.4. The highest BCUT2D eigenvalue weighted by atomic mass is 16.3. The van der Waals surface area contributed by atoms with Crippen LogP contribution in [-0.4, -0.2) is 6.54 Å². The van der Waals surface area contributed by atoms with Gasteiger partial charge in [-0.3, -0.25) is 0 Å². The third-order valence-electron chi connectivity index (χ3n) is 1.85. The molecular formula is C10H14N2O. The summed E-state index contributed by atoms with van der Waals surface area (Å²) in [5, 5.41) is 6.11. The summed E-state index contributed by atoms with van der Waals surface area (Å²) in [6, 6.07) is 7.28. The number of rotatable bonds is 5. The molecule has 0 aliphatic carbocycles. The number of hydrogen-bond acceptors (Lipinski definition) is 3. The second kappa shape index (κ2) is 5.30. The number of nitrogens with one attached hydrogen (secondary N) is 1. The molecule has 1 aromatic carbocycles. The molecular weight excluding hydrogens is 164 g/mol. The molecule has 0 saturated carbocycles. The molecule has 1 rings (SSSR count). The molecule has 0 bridgehead atoms. The fourth-order valence-electron chi connectivity index (χ4n) is 1.10. The second-order valence-corrected chi connectivity index (χ2v) is 2.89. The summed E-state index contributed by atoms with van der Waals surface area (Å²) in [4.78, 5) is 10.4. The van der Waals surface area contributed by atoms with E-state index in [4.69, 9.17) is 0 Å². The zero-order valence-electron chi connectivity index (χ0n) is 7.79. The van der Waals surface area contributed by atoms with Gasteiger partial charge < -0.3 is 5.32 Å². The van der Waals surface area contributed by atoms with Gasteiger partial charge in [0.25, 0.3) is 0 Å². The monoisotopic (exact) mass is 178 g/mol. The lowest BCUT2D eigenvalue weighted by Gasteiger charge is -2.05. The molecule has 0 aliphatic rings. The van der Waals surface area contributed by atoms with Crippen molar-refractivity contribution in [3.05, 3.63) is 29.2 Å². The Morgan fingerprint density at radius 3 is 2.85 bits per heavy atom. The van der Waals surface area contributed by atoms with Crippen molar-refractivity contribution < 1.29 is 0 Å². The smallest absolute Gasteiger partial charge is 0.131 e. The normalized spacial score (nSPS) is 9.62. The molecule has 0 unspecified atom stereocenters. The molecule has 1 N–H and O–H groups in total. The van der Waals surface area contributed by atoms with Gasteiger partial charge in [0.15, 0.2) is 0 Å². The van der Waals surface area contributed by atoms with Crippen LogP contribution in [0.4, 0.5) is 11.4 Å². The minimum atomic E-state index is 0.485. The highest BCUT2D eigenvalue weighted by Gasteiger charge is 1.98. The number of para-hydroxylation sites is 1. The number of nitrogens with zero attached hydrogens (tertiary/aromatic N) is 1. The van der Waals surface area contributed by atoms with Gasteiger partial charge in [-0.25, -0.2) is 0 Å². The molecule has 70 valence electrons. The molecule has 0 fully saturated rings. The van der Waals surface area contributed by atoms with Crippen LogP contribution in [0.5, 0.6) is 0 Å². The first kappa shape index (κ1) is 9.71. The van der Waals surface area contributed by atoms with Crippen LogP contribution in [0, 0.1) is 4.91 Å². The molecule has 0 spiro atoms. The molecule has 0 heterocycles. The summed E-state index contributed by atoms with van der Waals surface area (Å²) in [7, 11) is 0.